The van der Waals surface area contributed by atoms with Gasteiger partial charge in [0.2, 0.25) is 0 Å². The number of aromatic nitrogens is 2. The minimum absolute atomic E-state index is 0.708. The zero-order valence-corrected chi connectivity index (χ0v) is 11.4. The molecule has 0 saturated heterocycles. The number of hydrogen-bond donors (Lipinski definition) is 1. The summed E-state index contributed by atoms with van der Waals surface area (Å²) >= 11 is 0. The fourth-order valence-electron chi connectivity index (χ4n) is 1.73. The van der Waals surface area contributed by atoms with E-state index in [0.29, 0.717) is 5.75 Å². The maximum absolute atomic E-state index is 10.9. The largest absolute Gasteiger partial charge is 0.312 e. The van der Waals surface area contributed by atoms with Crippen molar-refractivity contribution in [1.29, 1.82) is 0 Å². The summed E-state index contributed by atoms with van der Waals surface area (Å²) in [7, 11) is -0.714. The lowest BCUT2D eigenvalue weighted by atomic mass is 10.2. The minimum Gasteiger partial charge on any atom is -0.312 e. The highest BCUT2D eigenvalue weighted by atomic mass is 32.2. The Morgan fingerprint density at radius 2 is 2.12 bits per heavy atom. The van der Waals surface area contributed by atoms with Crippen molar-refractivity contribution in [3.63, 3.8) is 0 Å². The second-order valence-electron chi connectivity index (χ2n) is 3.92. The summed E-state index contributed by atoms with van der Waals surface area (Å²) in [5.74, 6) is 0.708. The lowest BCUT2D eigenvalue weighted by Crippen LogP contribution is -2.20. The summed E-state index contributed by atoms with van der Waals surface area (Å²) in [6.45, 7) is 8.74. The van der Waals surface area contributed by atoms with Crippen LogP contribution in [0.15, 0.2) is 0 Å². The third-order valence-electron chi connectivity index (χ3n) is 2.70. The molecule has 0 radical (unpaired) electrons. The minimum atomic E-state index is -0.714. The number of nitrogens with one attached hydrogen (secondary N) is 1. The van der Waals surface area contributed by atoms with Gasteiger partial charge in [-0.25, -0.2) is 0 Å². The second-order valence-corrected chi connectivity index (χ2v) is 5.47. The van der Waals surface area contributed by atoms with Crippen molar-refractivity contribution < 1.29 is 4.21 Å². The molecule has 0 bridgehead atoms. The van der Waals surface area contributed by atoms with Crippen molar-refractivity contribution in [1.82, 2.24) is 15.1 Å². The molecule has 1 atom stereocenters. The molecule has 1 aromatic heterocycles. The van der Waals surface area contributed by atoms with Crippen LogP contribution in [0.4, 0.5) is 0 Å². The predicted octanol–water partition coefficient (Wildman–Crippen LogP) is 0.988. The van der Waals surface area contributed by atoms with Gasteiger partial charge in [-0.15, -0.1) is 0 Å². The Labute approximate surface area is 99.9 Å². The Kier molecular flexibility index (Phi) is 5.15. The lowest BCUT2D eigenvalue weighted by molar-refractivity contribution is 0.631. The maximum atomic E-state index is 10.9. The molecule has 0 aliphatic carbocycles. The topological polar surface area (TPSA) is 46.9 Å². The highest BCUT2D eigenvalue weighted by Gasteiger charge is 2.09. The van der Waals surface area contributed by atoms with E-state index < -0.39 is 10.8 Å². The summed E-state index contributed by atoms with van der Waals surface area (Å²) in [5, 5.41) is 7.76. The van der Waals surface area contributed by atoms with Gasteiger partial charge in [-0.2, -0.15) is 5.10 Å². The first kappa shape index (κ1) is 13.4. The normalized spacial score (nSPS) is 13.0. The molecule has 4 nitrogen and oxygen atoms in total. The summed E-state index contributed by atoms with van der Waals surface area (Å²) in [6, 6.07) is 0. The highest BCUT2D eigenvalue weighted by molar-refractivity contribution is 7.84. The van der Waals surface area contributed by atoms with Gasteiger partial charge >= 0.3 is 0 Å². The van der Waals surface area contributed by atoms with Gasteiger partial charge in [-0.05, 0) is 20.8 Å². The van der Waals surface area contributed by atoms with Crippen LogP contribution in [0.25, 0.3) is 0 Å². The van der Waals surface area contributed by atoms with Gasteiger partial charge in [0.05, 0.1) is 5.69 Å². The van der Waals surface area contributed by atoms with E-state index >= 15 is 0 Å². The van der Waals surface area contributed by atoms with E-state index in [0.717, 1.165) is 25.3 Å². The van der Waals surface area contributed by atoms with Crippen LogP contribution in [-0.2, 0) is 23.9 Å². The number of hydrogen-bond acceptors (Lipinski definition) is 3. The Morgan fingerprint density at radius 1 is 1.44 bits per heavy atom. The average Bonchev–Trinajstić information content (AvgIpc) is 2.50. The Bertz CT molecular complexity index is 374. The van der Waals surface area contributed by atoms with Crippen LogP contribution >= 0.6 is 0 Å². The van der Waals surface area contributed by atoms with Gasteiger partial charge in [-0.3, -0.25) is 8.89 Å². The maximum Gasteiger partial charge on any atom is 0.0641 e. The molecule has 0 aliphatic rings. The van der Waals surface area contributed by atoms with Crippen LogP contribution in [-0.4, -0.2) is 32.5 Å². The molecule has 1 heterocycles. The van der Waals surface area contributed by atoms with Crippen molar-refractivity contribution >= 4 is 10.8 Å². The summed E-state index contributed by atoms with van der Waals surface area (Å²) < 4.78 is 12.9. The molecule has 0 saturated carbocycles. The molecule has 0 aliphatic heterocycles. The van der Waals surface area contributed by atoms with Gasteiger partial charge in [0.25, 0.3) is 0 Å². The van der Waals surface area contributed by atoms with Crippen molar-refractivity contribution in [2.45, 2.75) is 33.9 Å². The van der Waals surface area contributed by atoms with Gasteiger partial charge < -0.3 is 5.32 Å². The Hall–Kier alpha value is -0.680. The van der Waals surface area contributed by atoms with E-state index in [-0.39, 0.29) is 0 Å². The molecule has 1 aromatic rings. The van der Waals surface area contributed by atoms with E-state index in [4.69, 9.17) is 0 Å². The molecule has 5 heteroatoms. The quantitative estimate of drug-likeness (QED) is 0.758. The van der Waals surface area contributed by atoms with Gasteiger partial charge in [0.15, 0.2) is 0 Å². The molecule has 1 rings (SSSR count). The molecule has 92 valence electrons. The van der Waals surface area contributed by atoms with Crippen molar-refractivity contribution in [2.75, 3.05) is 18.6 Å². The van der Waals surface area contributed by atoms with Crippen LogP contribution in [0.1, 0.15) is 23.9 Å². The lowest BCUT2D eigenvalue weighted by Gasteiger charge is -2.04. The van der Waals surface area contributed by atoms with Crippen LogP contribution in [0.3, 0.4) is 0 Å². The summed E-state index contributed by atoms with van der Waals surface area (Å²) in [5.41, 5.74) is 3.58. The Balaban J connectivity index is 2.53. The molecule has 0 spiro atoms. The number of aryl methyl sites for hydroxylation is 2. The van der Waals surface area contributed by atoms with Crippen LogP contribution in [0, 0.1) is 13.8 Å². The number of nitrogens with zero attached hydrogens (tertiary/aromatic N) is 2. The summed E-state index contributed by atoms with van der Waals surface area (Å²) in [4.78, 5) is 0. The zero-order chi connectivity index (χ0) is 12.1. The first-order valence-electron chi connectivity index (χ1n) is 5.59. The van der Waals surface area contributed by atoms with E-state index in [2.05, 4.69) is 24.3 Å². The first-order chi connectivity index (χ1) is 7.56. The van der Waals surface area contributed by atoms with Crippen molar-refractivity contribution in [3.8, 4) is 0 Å². The smallest absolute Gasteiger partial charge is 0.0641 e. The van der Waals surface area contributed by atoms with E-state index in [1.165, 1.54) is 11.3 Å². The molecule has 1 unspecified atom stereocenters. The highest BCUT2D eigenvalue weighted by Crippen LogP contribution is 2.12. The average molecular weight is 243 g/mol. The van der Waals surface area contributed by atoms with E-state index in [1.807, 2.05) is 11.6 Å². The molecule has 16 heavy (non-hydrogen) atoms. The molecule has 0 aromatic carbocycles. The zero-order valence-electron chi connectivity index (χ0n) is 10.5. The van der Waals surface area contributed by atoms with Gasteiger partial charge in [-0.1, -0.05) is 0 Å². The fraction of sp³-hybridized carbons (Fsp3) is 0.727. The van der Waals surface area contributed by atoms with Gasteiger partial charge in [0, 0.05) is 53.7 Å². The third-order valence-corrected chi connectivity index (χ3v) is 3.48. The molecule has 0 amide bonds. The Morgan fingerprint density at radius 3 is 2.62 bits per heavy atom. The van der Waals surface area contributed by atoms with Crippen LogP contribution < -0.4 is 5.32 Å². The van der Waals surface area contributed by atoms with Crippen molar-refractivity contribution in [3.05, 3.63) is 17.0 Å². The standard InChI is InChI=1S/C11H21N3OS/c1-5-14-10(3)11(9(2)13-14)8-12-6-7-16(4)15/h12H,5-8H2,1-4H3. The van der Waals surface area contributed by atoms with Gasteiger partial charge in [0.1, 0.15) is 0 Å². The summed E-state index contributed by atoms with van der Waals surface area (Å²) in [6.07, 6.45) is 1.73. The number of rotatable bonds is 6. The van der Waals surface area contributed by atoms with E-state index in [9.17, 15) is 4.21 Å². The monoisotopic (exact) mass is 243 g/mol. The fourth-order valence-corrected chi connectivity index (χ4v) is 2.16. The third kappa shape index (κ3) is 3.42. The van der Waals surface area contributed by atoms with Crippen molar-refractivity contribution in [2.24, 2.45) is 0 Å². The molecule has 1 N–H and O–H groups in total. The SMILES string of the molecule is CCn1nc(C)c(CNCCS(C)=O)c1C. The molecular formula is C11H21N3OS. The first-order valence-corrected chi connectivity index (χ1v) is 7.32. The van der Waals surface area contributed by atoms with Crippen LogP contribution in [0.2, 0.25) is 0 Å². The molecule has 0 fully saturated rings. The van der Waals surface area contributed by atoms with E-state index in [1.54, 1.807) is 6.26 Å². The second kappa shape index (κ2) is 6.15. The molecular weight excluding hydrogens is 222 g/mol. The predicted molar refractivity (Wildman–Crippen MR) is 68.0 cm³/mol. The van der Waals surface area contributed by atoms with Crippen LogP contribution in [0.5, 0.6) is 0 Å².